The summed E-state index contributed by atoms with van der Waals surface area (Å²) in [4.78, 5) is 4.19. The maximum Gasteiger partial charge on any atom is 0.102 e. The molecule has 3 rings (SSSR count). The molecule has 18 heavy (non-hydrogen) atoms. The first-order chi connectivity index (χ1) is 8.74. The molecule has 1 unspecified atom stereocenters. The normalized spacial score (nSPS) is 13.0. The minimum absolute atomic E-state index is 0.538. The predicted octanol–water partition coefficient (Wildman–Crippen LogP) is 2.91. The van der Waals surface area contributed by atoms with Gasteiger partial charge in [-0.2, -0.15) is 0 Å². The van der Waals surface area contributed by atoms with Gasteiger partial charge in [-0.05, 0) is 22.4 Å². The molecule has 1 atom stereocenters. The third-order valence-electron chi connectivity index (χ3n) is 3.04. The van der Waals surface area contributed by atoms with Gasteiger partial charge in [-0.3, -0.25) is 0 Å². The van der Waals surface area contributed by atoms with Crippen molar-refractivity contribution in [2.75, 3.05) is 0 Å². The van der Waals surface area contributed by atoms with Crippen molar-refractivity contribution >= 4 is 21.4 Å². The van der Waals surface area contributed by atoms with Gasteiger partial charge in [-0.15, -0.1) is 11.3 Å². The number of fused-ring (bicyclic) bond motifs is 1. The summed E-state index contributed by atoms with van der Waals surface area (Å²) in [6.07, 6.45) is 3.65. The largest absolute Gasteiger partial charge is 0.386 e. The Balaban J connectivity index is 1.88. The van der Waals surface area contributed by atoms with Gasteiger partial charge in [0.15, 0.2) is 0 Å². The van der Waals surface area contributed by atoms with Gasteiger partial charge in [0.2, 0.25) is 0 Å². The molecule has 1 N–H and O–H groups in total. The van der Waals surface area contributed by atoms with Crippen LogP contribution in [-0.2, 0) is 13.5 Å². The van der Waals surface area contributed by atoms with Crippen LogP contribution in [0.4, 0.5) is 0 Å². The number of aliphatic hydroxyl groups excluding tert-OH is 1. The summed E-state index contributed by atoms with van der Waals surface area (Å²) in [5.41, 5.74) is 1.92. The summed E-state index contributed by atoms with van der Waals surface area (Å²) in [7, 11) is 1.91. The van der Waals surface area contributed by atoms with E-state index in [1.165, 1.54) is 15.6 Å². The third-order valence-corrected chi connectivity index (χ3v) is 4.05. The van der Waals surface area contributed by atoms with Crippen LogP contribution < -0.4 is 0 Å². The number of aromatic nitrogens is 2. The van der Waals surface area contributed by atoms with Crippen LogP contribution in [0.5, 0.6) is 0 Å². The van der Waals surface area contributed by atoms with E-state index in [0.717, 1.165) is 5.69 Å². The molecular formula is C14H14N2OS. The van der Waals surface area contributed by atoms with E-state index in [-0.39, 0.29) is 0 Å². The molecule has 92 valence electrons. The van der Waals surface area contributed by atoms with Crippen LogP contribution in [-0.4, -0.2) is 14.7 Å². The molecule has 2 heterocycles. The summed E-state index contributed by atoms with van der Waals surface area (Å²) in [5.74, 6) is 0. The maximum atomic E-state index is 10.2. The fourth-order valence-corrected chi connectivity index (χ4v) is 3.08. The van der Waals surface area contributed by atoms with Crippen LogP contribution in [0.15, 0.2) is 42.2 Å². The zero-order valence-electron chi connectivity index (χ0n) is 10.1. The Morgan fingerprint density at radius 3 is 3.00 bits per heavy atom. The number of rotatable bonds is 3. The monoisotopic (exact) mass is 258 g/mol. The summed E-state index contributed by atoms with van der Waals surface area (Å²) >= 11 is 1.72. The standard InChI is InChI=1S/C14H14N2OS/c1-16-7-12(15-9-16)13(17)6-10-8-18-14-5-3-2-4-11(10)14/h2-5,7-9,13,17H,6H2,1H3. The Morgan fingerprint density at radius 2 is 2.22 bits per heavy atom. The second-order valence-electron chi connectivity index (χ2n) is 4.44. The fourth-order valence-electron chi connectivity index (χ4n) is 2.11. The van der Waals surface area contributed by atoms with E-state index in [1.54, 1.807) is 17.7 Å². The minimum Gasteiger partial charge on any atom is -0.386 e. The Hall–Kier alpha value is -1.65. The molecule has 0 saturated carbocycles. The van der Waals surface area contributed by atoms with Gasteiger partial charge >= 0.3 is 0 Å². The molecule has 0 spiro atoms. The molecule has 4 heteroatoms. The van der Waals surface area contributed by atoms with Crippen molar-refractivity contribution in [2.45, 2.75) is 12.5 Å². The van der Waals surface area contributed by atoms with Crippen molar-refractivity contribution in [1.82, 2.24) is 9.55 Å². The molecular weight excluding hydrogens is 244 g/mol. The van der Waals surface area contributed by atoms with E-state index >= 15 is 0 Å². The van der Waals surface area contributed by atoms with Crippen LogP contribution in [0, 0.1) is 0 Å². The number of aliphatic hydroxyl groups is 1. The summed E-state index contributed by atoms with van der Waals surface area (Å²) in [6.45, 7) is 0. The lowest BCUT2D eigenvalue weighted by Gasteiger charge is -2.06. The first-order valence-corrected chi connectivity index (χ1v) is 6.73. The smallest absolute Gasteiger partial charge is 0.102 e. The van der Waals surface area contributed by atoms with Crippen molar-refractivity contribution in [3.8, 4) is 0 Å². The first-order valence-electron chi connectivity index (χ1n) is 5.85. The minimum atomic E-state index is -0.538. The number of aryl methyl sites for hydroxylation is 1. The van der Waals surface area contributed by atoms with Gasteiger partial charge in [0.25, 0.3) is 0 Å². The average Bonchev–Trinajstić information content (AvgIpc) is 2.97. The number of hydrogen-bond donors (Lipinski definition) is 1. The number of hydrogen-bond acceptors (Lipinski definition) is 3. The van der Waals surface area contributed by atoms with Gasteiger partial charge in [0, 0.05) is 24.4 Å². The molecule has 0 saturated heterocycles. The molecule has 3 nitrogen and oxygen atoms in total. The zero-order chi connectivity index (χ0) is 12.5. The van der Waals surface area contributed by atoms with Crippen molar-refractivity contribution in [3.63, 3.8) is 0 Å². The lowest BCUT2D eigenvalue weighted by atomic mass is 10.1. The summed E-state index contributed by atoms with van der Waals surface area (Å²) in [5, 5.41) is 13.5. The van der Waals surface area contributed by atoms with Crippen molar-refractivity contribution in [2.24, 2.45) is 7.05 Å². The van der Waals surface area contributed by atoms with Crippen LogP contribution in [0.2, 0.25) is 0 Å². The second kappa shape index (κ2) is 4.55. The van der Waals surface area contributed by atoms with E-state index in [4.69, 9.17) is 0 Å². The van der Waals surface area contributed by atoms with Crippen LogP contribution in [0.3, 0.4) is 0 Å². The quantitative estimate of drug-likeness (QED) is 0.784. The van der Waals surface area contributed by atoms with Crippen LogP contribution in [0.25, 0.3) is 10.1 Å². The Labute approximate surface area is 109 Å². The Bertz CT molecular complexity index is 671. The molecule has 1 aromatic carbocycles. The molecule has 0 amide bonds. The van der Waals surface area contributed by atoms with Crippen molar-refractivity contribution in [3.05, 3.63) is 53.4 Å². The van der Waals surface area contributed by atoms with Crippen molar-refractivity contribution < 1.29 is 5.11 Å². The van der Waals surface area contributed by atoms with E-state index in [0.29, 0.717) is 6.42 Å². The molecule has 2 aromatic heterocycles. The van der Waals surface area contributed by atoms with E-state index in [2.05, 4.69) is 22.5 Å². The van der Waals surface area contributed by atoms with Gasteiger partial charge in [-0.25, -0.2) is 4.98 Å². The molecule has 0 aliphatic rings. The first kappa shape index (κ1) is 11.4. The Morgan fingerprint density at radius 1 is 1.39 bits per heavy atom. The second-order valence-corrected chi connectivity index (χ2v) is 5.35. The fraction of sp³-hybridized carbons (Fsp3) is 0.214. The van der Waals surface area contributed by atoms with Gasteiger partial charge < -0.3 is 9.67 Å². The highest BCUT2D eigenvalue weighted by Crippen LogP contribution is 2.28. The highest BCUT2D eigenvalue weighted by Gasteiger charge is 2.13. The van der Waals surface area contributed by atoms with Crippen LogP contribution >= 0.6 is 11.3 Å². The van der Waals surface area contributed by atoms with Gasteiger partial charge in [0.1, 0.15) is 6.10 Å². The SMILES string of the molecule is Cn1cnc(C(O)Cc2csc3ccccc23)c1. The summed E-state index contributed by atoms with van der Waals surface area (Å²) < 4.78 is 3.12. The molecule has 0 radical (unpaired) electrons. The van der Waals surface area contributed by atoms with E-state index in [1.807, 2.05) is 29.9 Å². The maximum absolute atomic E-state index is 10.2. The zero-order valence-corrected chi connectivity index (χ0v) is 10.9. The molecule has 0 aliphatic heterocycles. The Kier molecular flexibility index (Phi) is 2.89. The highest BCUT2D eigenvalue weighted by molar-refractivity contribution is 7.17. The lowest BCUT2D eigenvalue weighted by molar-refractivity contribution is 0.174. The molecule has 0 bridgehead atoms. The average molecular weight is 258 g/mol. The highest BCUT2D eigenvalue weighted by atomic mass is 32.1. The number of imidazole rings is 1. The third kappa shape index (κ3) is 2.05. The molecule has 3 aromatic rings. The summed E-state index contributed by atoms with van der Waals surface area (Å²) in [6, 6.07) is 8.28. The van der Waals surface area contributed by atoms with Gasteiger partial charge in [-0.1, -0.05) is 18.2 Å². The van der Waals surface area contributed by atoms with E-state index < -0.39 is 6.10 Å². The number of nitrogens with zero attached hydrogens (tertiary/aromatic N) is 2. The lowest BCUT2D eigenvalue weighted by Crippen LogP contribution is -2.01. The van der Waals surface area contributed by atoms with Gasteiger partial charge in [0.05, 0.1) is 12.0 Å². The predicted molar refractivity (Wildman–Crippen MR) is 73.7 cm³/mol. The topological polar surface area (TPSA) is 38.0 Å². The van der Waals surface area contributed by atoms with Crippen LogP contribution in [0.1, 0.15) is 17.4 Å². The van der Waals surface area contributed by atoms with Crippen molar-refractivity contribution in [1.29, 1.82) is 0 Å². The van der Waals surface area contributed by atoms with E-state index in [9.17, 15) is 5.11 Å². The number of thiophene rings is 1. The molecule has 0 fully saturated rings. The number of benzene rings is 1. The molecule has 0 aliphatic carbocycles.